The largest absolute Gasteiger partial charge is 0.354 e. The molecule has 3 saturated heterocycles. The zero-order valence-electron chi connectivity index (χ0n) is 16.9. The number of fused-ring (bicyclic) bond motifs is 3. The van der Waals surface area contributed by atoms with Crippen molar-refractivity contribution in [1.29, 1.82) is 0 Å². The molecule has 6 heteroatoms. The maximum absolute atomic E-state index is 12.5. The van der Waals surface area contributed by atoms with E-state index in [-0.39, 0.29) is 17.9 Å². The van der Waals surface area contributed by atoms with Gasteiger partial charge in [-0.3, -0.25) is 14.4 Å². The van der Waals surface area contributed by atoms with E-state index in [4.69, 9.17) is 0 Å². The lowest BCUT2D eigenvalue weighted by Gasteiger charge is -2.49. The first kappa shape index (κ1) is 18.9. The lowest BCUT2D eigenvalue weighted by atomic mass is 9.75. The van der Waals surface area contributed by atoms with Gasteiger partial charge in [-0.25, -0.2) is 0 Å². The molecule has 1 aliphatic carbocycles. The Morgan fingerprint density at radius 2 is 2.07 bits per heavy atom. The van der Waals surface area contributed by atoms with Crippen LogP contribution in [0.15, 0.2) is 6.20 Å². The van der Waals surface area contributed by atoms with E-state index in [2.05, 4.69) is 26.7 Å². The summed E-state index contributed by atoms with van der Waals surface area (Å²) in [6, 6.07) is 0.720. The zero-order valence-corrected chi connectivity index (χ0v) is 16.9. The van der Waals surface area contributed by atoms with Gasteiger partial charge in [0.05, 0.1) is 18.2 Å². The van der Waals surface area contributed by atoms with E-state index in [0.29, 0.717) is 12.0 Å². The molecule has 1 unspecified atom stereocenters. The van der Waals surface area contributed by atoms with E-state index in [1.807, 2.05) is 18.5 Å². The van der Waals surface area contributed by atoms with Crippen LogP contribution in [-0.4, -0.2) is 51.0 Å². The summed E-state index contributed by atoms with van der Waals surface area (Å²) >= 11 is 0. The molecule has 2 bridgehead atoms. The third-order valence-electron chi connectivity index (χ3n) is 6.85. The third-order valence-corrected chi connectivity index (χ3v) is 6.85. The van der Waals surface area contributed by atoms with Crippen molar-refractivity contribution in [3.8, 4) is 0 Å². The van der Waals surface area contributed by atoms with E-state index < -0.39 is 0 Å². The highest BCUT2D eigenvalue weighted by atomic mass is 16.2. The summed E-state index contributed by atoms with van der Waals surface area (Å²) in [5, 5.41) is 12.0. The van der Waals surface area contributed by atoms with Gasteiger partial charge in [0.25, 0.3) is 0 Å². The molecule has 4 atom stereocenters. The van der Waals surface area contributed by atoms with Crippen LogP contribution >= 0.6 is 0 Å². The molecule has 0 spiro atoms. The highest BCUT2D eigenvalue weighted by molar-refractivity contribution is 5.79. The average molecular weight is 374 g/mol. The van der Waals surface area contributed by atoms with E-state index in [1.54, 1.807) is 0 Å². The summed E-state index contributed by atoms with van der Waals surface area (Å²) in [6.07, 6.45) is 12.4. The van der Waals surface area contributed by atoms with Crippen molar-refractivity contribution >= 4 is 5.91 Å². The van der Waals surface area contributed by atoms with Crippen LogP contribution in [0.2, 0.25) is 0 Å². The van der Waals surface area contributed by atoms with E-state index in [1.165, 1.54) is 32.1 Å². The summed E-state index contributed by atoms with van der Waals surface area (Å²) in [6.45, 7) is 7.00. The Balaban J connectivity index is 1.31. The molecule has 0 radical (unpaired) electrons. The molecule has 4 aliphatic rings. The van der Waals surface area contributed by atoms with Gasteiger partial charge in [-0.15, -0.1) is 5.10 Å². The van der Waals surface area contributed by atoms with Gasteiger partial charge in [0.1, 0.15) is 0 Å². The third kappa shape index (κ3) is 4.53. The molecule has 4 heterocycles. The monoisotopic (exact) mass is 373 g/mol. The highest BCUT2D eigenvalue weighted by Crippen LogP contribution is 2.37. The number of hydrogen-bond acceptors (Lipinski definition) is 4. The Kier molecular flexibility index (Phi) is 5.81. The second kappa shape index (κ2) is 8.29. The van der Waals surface area contributed by atoms with Gasteiger partial charge in [0.2, 0.25) is 5.91 Å². The molecule has 1 aromatic rings. The molecule has 3 aliphatic heterocycles. The fraction of sp³-hybridized carbons (Fsp3) is 0.857. The summed E-state index contributed by atoms with van der Waals surface area (Å²) in [5.74, 6) is 1.73. The average Bonchev–Trinajstić information content (AvgIpc) is 3.09. The minimum atomic E-state index is 0.162. The van der Waals surface area contributed by atoms with Gasteiger partial charge in [-0.05, 0) is 51.5 Å². The quantitative estimate of drug-likeness (QED) is 0.833. The summed E-state index contributed by atoms with van der Waals surface area (Å²) in [5.41, 5.74) is 1.16. The summed E-state index contributed by atoms with van der Waals surface area (Å²) in [4.78, 5) is 15.0. The predicted octanol–water partition coefficient (Wildman–Crippen LogP) is 2.64. The Morgan fingerprint density at radius 3 is 2.78 bits per heavy atom. The maximum Gasteiger partial charge on any atom is 0.224 e. The van der Waals surface area contributed by atoms with Crippen LogP contribution in [0.25, 0.3) is 0 Å². The van der Waals surface area contributed by atoms with Gasteiger partial charge in [0, 0.05) is 24.8 Å². The minimum absolute atomic E-state index is 0.162. The zero-order chi connectivity index (χ0) is 18.8. The molecule has 1 aromatic heterocycles. The molecule has 1 amide bonds. The van der Waals surface area contributed by atoms with Gasteiger partial charge in [-0.2, -0.15) is 0 Å². The molecule has 27 heavy (non-hydrogen) atoms. The van der Waals surface area contributed by atoms with Crippen molar-refractivity contribution in [3.05, 3.63) is 11.9 Å². The number of amides is 1. The first-order chi connectivity index (χ1) is 13.1. The number of hydrogen-bond donors (Lipinski definition) is 1. The van der Waals surface area contributed by atoms with Gasteiger partial charge in [-0.1, -0.05) is 37.3 Å². The van der Waals surface area contributed by atoms with E-state index in [9.17, 15) is 4.79 Å². The van der Waals surface area contributed by atoms with Crippen molar-refractivity contribution in [1.82, 2.24) is 25.2 Å². The van der Waals surface area contributed by atoms with Crippen LogP contribution in [0.3, 0.4) is 0 Å². The number of nitrogens with zero attached hydrogens (tertiary/aromatic N) is 4. The van der Waals surface area contributed by atoms with Crippen LogP contribution < -0.4 is 5.32 Å². The van der Waals surface area contributed by atoms with E-state index in [0.717, 1.165) is 50.5 Å². The van der Waals surface area contributed by atoms with Crippen LogP contribution in [0.4, 0.5) is 0 Å². The molecular weight excluding hydrogens is 338 g/mol. The Morgan fingerprint density at radius 1 is 1.26 bits per heavy atom. The van der Waals surface area contributed by atoms with Gasteiger partial charge >= 0.3 is 0 Å². The number of nitrogens with one attached hydrogen (secondary N) is 1. The molecule has 150 valence electrons. The number of piperidine rings is 3. The second-order valence-electron chi connectivity index (χ2n) is 9.34. The molecule has 1 N–H and O–H groups in total. The van der Waals surface area contributed by atoms with Gasteiger partial charge in [0.15, 0.2) is 0 Å². The van der Waals surface area contributed by atoms with Crippen molar-refractivity contribution < 1.29 is 4.79 Å². The van der Waals surface area contributed by atoms with Crippen molar-refractivity contribution in [2.24, 2.45) is 17.8 Å². The Labute approximate surface area is 163 Å². The van der Waals surface area contributed by atoms with Crippen LogP contribution in [0.1, 0.15) is 64.5 Å². The molecule has 4 fully saturated rings. The molecule has 6 nitrogen and oxygen atoms in total. The maximum atomic E-state index is 12.5. The smallest absolute Gasteiger partial charge is 0.224 e. The number of aromatic nitrogens is 3. The van der Waals surface area contributed by atoms with Crippen LogP contribution in [0.5, 0.6) is 0 Å². The lowest BCUT2D eigenvalue weighted by molar-refractivity contribution is -0.133. The molecule has 1 saturated carbocycles. The number of rotatable bonds is 6. The van der Waals surface area contributed by atoms with Crippen molar-refractivity contribution in [2.75, 3.05) is 13.1 Å². The fourth-order valence-corrected chi connectivity index (χ4v) is 5.44. The molecular formula is C21H35N5O. The van der Waals surface area contributed by atoms with E-state index >= 15 is 0 Å². The Bertz CT molecular complexity index is 636. The summed E-state index contributed by atoms with van der Waals surface area (Å²) in [7, 11) is 0. The number of carbonyl (C=O) groups excluding carboxylic acids is 1. The standard InChI is InChI=1S/C21H35N5O/c1-15(2)22-21(27)20-14-25-9-8-17(20)11-19(25)13-26-12-18(23-24-26)10-16-6-4-3-5-7-16/h12,15-17,19-20H,3-11,13-14H2,1-2H3,(H,22,27)/t17-,19+,20+/m0/s1. The SMILES string of the molecule is CC(C)NC(=O)[C@@H]1CN2CC[C@H]1C[C@@H]2Cn1cc(CC2CCCCC2)nn1. The van der Waals surface area contributed by atoms with Gasteiger partial charge < -0.3 is 5.32 Å². The van der Waals surface area contributed by atoms with Crippen LogP contribution in [0, 0.1) is 17.8 Å². The predicted molar refractivity (Wildman–Crippen MR) is 105 cm³/mol. The van der Waals surface area contributed by atoms with Crippen molar-refractivity contribution in [2.45, 2.75) is 83.8 Å². The topological polar surface area (TPSA) is 63.1 Å². The fourth-order valence-electron chi connectivity index (χ4n) is 5.44. The van der Waals surface area contributed by atoms with Crippen LogP contribution in [-0.2, 0) is 17.8 Å². The summed E-state index contributed by atoms with van der Waals surface area (Å²) < 4.78 is 2.05. The number of carbonyl (C=O) groups is 1. The minimum Gasteiger partial charge on any atom is -0.354 e. The molecule has 0 aromatic carbocycles. The Hall–Kier alpha value is -1.43. The normalized spacial score (nSPS) is 31.4. The lowest BCUT2D eigenvalue weighted by Crippen LogP contribution is -2.58. The highest BCUT2D eigenvalue weighted by Gasteiger charge is 2.43. The van der Waals surface area contributed by atoms with Crippen molar-refractivity contribution in [3.63, 3.8) is 0 Å². The molecule has 5 rings (SSSR count). The first-order valence-electron chi connectivity index (χ1n) is 11.0. The second-order valence-corrected chi connectivity index (χ2v) is 9.34. The first-order valence-corrected chi connectivity index (χ1v) is 11.0.